The Balaban J connectivity index is 1.35. The lowest BCUT2D eigenvalue weighted by molar-refractivity contribution is -0.125. The molecule has 1 saturated heterocycles. The van der Waals surface area contributed by atoms with Crippen molar-refractivity contribution in [1.82, 2.24) is 14.8 Å². The van der Waals surface area contributed by atoms with E-state index in [-0.39, 0.29) is 34.5 Å². The van der Waals surface area contributed by atoms with Crippen molar-refractivity contribution in [2.75, 3.05) is 5.32 Å². The van der Waals surface area contributed by atoms with Crippen molar-refractivity contribution < 1.29 is 18.8 Å². The van der Waals surface area contributed by atoms with Gasteiger partial charge in [0.15, 0.2) is 0 Å². The average Bonchev–Trinajstić information content (AvgIpc) is 3.17. The van der Waals surface area contributed by atoms with E-state index in [1.807, 2.05) is 6.92 Å². The predicted octanol–water partition coefficient (Wildman–Crippen LogP) is 4.06. The number of likely N-dealkylation sites (tertiary alicyclic amines) is 1. The van der Waals surface area contributed by atoms with Gasteiger partial charge in [-0.05, 0) is 30.4 Å². The molecular weight excluding hydrogens is 461 g/mol. The second kappa shape index (κ2) is 8.02. The first kappa shape index (κ1) is 22.2. The number of carbonyl (C=O) groups is 3. The van der Waals surface area contributed by atoms with Crippen molar-refractivity contribution in [3.8, 4) is 0 Å². The third kappa shape index (κ3) is 3.66. The van der Waals surface area contributed by atoms with Crippen molar-refractivity contribution in [3.05, 3.63) is 65.1 Å². The predicted molar refractivity (Wildman–Crippen MR) is 126 cm³/mol. The number of hydrogen-bond donors (Lipinski definition) is 3. The number of nitrogens with two attached hydrogens (primary N) is 1. The number of para-hydroxylation sites is 1. The number of rotatable bonds is 4. The Hall–Kier alpha value is -3.59. The van der Waals surface area contributed by atoms with E-state index in [0.717, 1.165) is 6.42 Å². The number of carbonyl (C=O) groups excluding carboxylic acids is 3. The summed E-state index contributed by atoms with van der Waals surface area (Å²) >= 11 is 5.82. The van der Waals surface area contributed by atoms with Gasteiger partial charge >= 0.3 is 12.1 Å². The molecule has 34 heavy (non-hydrogen) atoms. The van der Waals surface area contributed by atoms with Gasteiger partial charge in [-0.3, -0.25) is 9.36 Å². The number of nitrogens with one attached hydrogen (secondary N) is 2. The van der Waals surface area contributed by atoms with Gasteiger partial charge in [0.05, 0.1) is 16.2 Å². The fraction of sp³-hybridized carbons (Fsp3) is 0.292. The van der Waals surface area contributed by atoms with Crippen LogP contribution < -0.4 is 16.4 Å². The van der Waals surface area contributed by atoms with Crippen molar-refractivity contribution in [2.45, 2.75) is 38.4 Å². The van der Waals surface area contributed by atoms with Crippen LogP contribution >= 0.6 is 11.6 Å². The maximum Gasteiger partial charge on any atom is 0.323 e. The molecule has 2 heterocycles. The zero-order chi connectivity index (χ0) is 24.2. The van der Waals surface area contributed by atoms with Crippen LogP contribution in [-0.4, -0.2) is 39.5 Å². The van der Waals surface area contributed by atoms with Gasteiger partial charge in [0, 0.05) is 29.7 Å². The summed E-state index contributed by atoms with van der Waals surface area (Å²) in [6, 6.07) is 9.80. The van der Waals surface area contributed by atoms with E-state index in [9.17, 15) is 18.8 Å². The Morgan fingerprint density at radius 1 is 1.18 bits per heavy atom. The maximum absolute atomic E-state index is 14.2. The Kier molecular flexibility index (Phi) is 5.24. The highest BCUT2D eigenvalue weighted by Gasteiger charge is 2.64. The highest BCUT2D eigenvalue weighted by Crippen LogP contribution is 2.59. The lowest BCUT2D eigenvalue weighted by atomic mass is 10.0. The van der Waals surface area contributed by atoms with Gasteiger partial charge in [-0.25, -0.2) is 14.0 Å². The number of primary amides is 1. The van der Waals surface area contributed by atoms with E-state index in [1.165, 1.54) is 16.8 Å². The zero-order valence-corrected chi connectivity index (χ0v) is 19.1. The number of benzene rings is 2. The summed E-state index contributed by atoms with van der Waals surface area (Å²) < 4.78 is 15.5. The summed E-state index contributed by atoms with van der Waals surface area (Å²) in [4.78, 5) is 39.8. The van der Waals surface area contributed by atoms with Crippen molar-refractivity contribution >= 4 is 46.2 Å². The molecule has 2 fully saturated rings. The molecule has 1 aliphatic carbocycles. The molecule has 8 nitrogen and oxygen atoms in total. The van der Waals surface area contributed by atoms with Gasteiger partial charge in [-0.1, -0.05) is 48.9 Å². The average molecular weight is 484 g/mol. The molecule has 2 aliphatic rings. The van der Waals surface area contributed by atoms with Crippen molar-refractivity contribution in [2.24, 2.45) is 11.1 Å². The summed E-state index contributed by atoms with van der Waals surface area (Å²) in [5, 5.41) is 6.23. The number of fused-ring (bicyclic) bond motifs is 2. The van der Waals surface area contributed by atoms with Crippen LogP contribution in [-0.2, 0) is 11.3 Å². The largest absolute Gasteiger partial charge is 0.351 e. The van der Waals surface area contributed by atoms with E-state index in [0.29, 0.717) is 23.0 Å². The zero-order valence-electron chi connectivity index (χ0n) is 18.3. The molecule has 1 aliphatic heterocycles. The minimum Gasteiger partial charge on any atom is -0.351 e. The Bertz CT molecular complexity index is 1340. The minimum absolute atomic E-state index is 0.0162. The van der Waals surface area contributed by atoms with Gasteiger partial charge in [-0.15, -0.1) is 0 Å². The number of nitrogens with zero attached hydrogens (tertiary/aromatic N) is 2. The number of halogens is 2. The fourth-order valence-corrected chi connectivity index (χ4v) is 5.12. The van der Waals surface area contributed by atoms with E-state index < -0.39 is 23.9 Å². The quantitative estimate of drug-likeness (QED) is 0.520. The molecule has 10 heteroatoms. The van der Waals surface area contributed by atoms with Gasteiger partial charge in [0.1, 0.15) is 11.9 Å². The van der Waals surface area contributed by atoms with Crippen molar-refractivity contribution in [3.63, 3.8) is 0 Å². The van der Waals surface area contributed by atoms with Crippen LogP contribution in [0.15, 0.2) is 48.7 Å². The number of aromatic nitrogens is 1. The standard InChI is InChI=1S/C24H23ClFN5O3/c1-24-9-18(21(32)28-11-13-5-4-7-15(25)20(13)26)31(19(24)10-24)23(34)29-16-12-30(22(27)33)17-8-3-2-6-14(16)17/h2-8,12,18-19H,9-11H2,1H3,(H2,27,33)(H,28,32)(H,29,34)/t18-,19-,24+/m0/s1. The third-order valence-corrected chi connectivity index (χ3v) is 7.14. The normalized spacial score (nSPS) is 23.0. The first-order chi connectivity index (χ1) is 16.2. The Morgan fingerprint density at radius 3 is 2.71 bits per heavy atom. The molecule has 2 aromatic carbocycles. The van der Waals surface area contributed by atoms with Crippen LogP contribution in [0.3, 0.4) is 0 Å². The molecule has 0 spiro atoms. The maximum atomic E-state index is 14.2. The molecule has 3 atom stereocenters. The topological polar surface area (TPSA) is 109 Å². The first-order valence-corrected chi connectivity index (χ1v) is 11.3. The SMILES string of the molecule is C[C@@]12C[C@@H]1N(C(=O)Nc1cn(C(N)=O)c3ccccc13)[C@H](C(=O)NCc1cccc(Cl)c1F)C2. The molecule has 0 radical (unpaired) electrons. The van der Waals surface area contributed by atoms with Crippen molar-refractivity contribution in [1.29, 1.82) is 0 Å². The van der Waals surface area contributed by atoms with Gasteiger partial charge in [-0.2, -0.15) is 0 Å². The van der Waals surface area contributed by atoms with Crippen LogP contribution in [0.5, 0.6) is 0 Å². The van der Waals surface area contributed by atoms with Crippen LogP contribution in [0.2, 0.25) is 5.02 Å². The van der Waals surface area contributed by atoms with E-state index in [2.05, 4.69) is 10.6 Å². The second-order valence-corrected chi connectivity index (χ2v) is 9.54. The summed E-state index contributed by atoms with van der Waals surface area (Å²) in [6.07, 6.45) is 2.79. The third-order valence-electron chi connectivity index (χ3n) is 6.85. The number of amides is 4. The molecule has 0 unspecified atom stereocenters. The molecule has 4 amide bonds. The number of piperidine rings is 1. The Morgan fingerprint density at radius 2 is 1.94 bits per heavy atom. The Labute approximate surface area is 199 Å². The summed E-state index contributed by atoms with van der Waals surface area (Å²) in [5.41, 5.74) is 6.60. The summed E-state index contributed by atoms with van der Waals surface area (Å²) in [5.74, 6) is -0.936. The highest BCUT2D eigenvalue weighted by atomic mass is 35.5. The lowest BCUT2D eigenvalue weighted by Crippen LogP contribution is -2.49. The van der Waals surface area contributed by atoms with Gasteiger partial charge < -0.3 is 21.3 Å². The summed E-state index contributed by atoms with van der Waals surface area (Å²) in [6.45, 7) is 2.01. The second-order valence-electron chi connectivity index (χ2n) is 9.13. The smallest absolute Gasteiger partial charge is 0.323 e. The van der Waals surface area contributed by atoms with E-state index >= 15 is 0 Å². The molecule has 1 aromatic heterocycles. The molecule has 1 saturated carbocycles. The minimum atomic E-state index is -0.699. The fourth-order valence-electron chi connectivity index (χ4n) is 4.92. The lowest BCUT2D eigenvalue weighted by Gasteiger charge is -2.27. The summed E-state index contributed by atoms with van der Waals surface area (Å²) in [7, 11) is 0. The van der Waals surface area contributed by atoms with Crippen LogP contribution in [0.25, 0.3) is 10.9 Å². The molecule has 5 rings (SSSR count). The number of anilines is 1. The molecular formula is C24H23ClFN5O3. The van der Waals surface area contributed by atoms with E-state index in [1.54, 1.807) is 41.3 Å². The van der Waals surface area contributed by atoms with Crippen LogP contribution in [0, 0.1) is 11.2 Å². The van der Waals surface area contributed by atoms with Gasteiger partial charge in [0.25, 0.3) is 0 Å². The number of hydrogen-bond acceptors (Lipinski definition) is 3. The molecule has 0 bridgehead atoms. The van der Waals surface area contributed by atoms with Crippen LogP contribution in [0.1, 0.15) is 25.3 Å². The number of urea groups is 1. The monoisotopic (exact) mass is 483 g/mol. The first-order valence-electron chi connectivity index (χ1n) is 10.9. The molecule has 176 valence electrons. The highest BCUT2D eigenvalue weighted by molar-refractivity contribution is 6.30. The molecule has 4 N–H and O–H groups in total. The van der Waals surface area contributed by atoms with Crippen LogP contribution in [0.4, 0.5) is 19.7 Å². The molecule has 3 aromatic rings. The van der Waals surface area contributed by atoms with Gasteiger partial charge in [0.2, 0.25) is 5.91 Å². The van der Waals surface area contributed by atoms with E-state index in [4.69, 9.17) is 17.3 Å².